The van der Waals surface area contributed by atoms with Crippen molar-refractivity contribution in [3.05, 3.63) is 45.0 Å². The van der Waals surface area contributed by atoms with Crippen molar-refractivity contribution in [2.75, 3.05) is 19.6 Å². The number of aryl methyl sites for hydroxylation is 2. The predicted octanol–water partition coefficient (Wildman–Crippen LogP) is 0.814. The minimum absolute atomic E-state index is 0.0682. The van der Waals surface area contributed by atoms with Crippen LogP contribution in [0.2, 0.25) is 0 Å². The summed E-state index contributed by atoms with van der Waals surface area (Å²) in [6, 6.07) is 1.81. The molecule has 0 spiro atoms. The molecular formula is C17H23N5O3. The highest BCUT2D eigenvalue weighted by Crippen LogP contribution is 2.23. The van der Waals surface area contributed by atoms with Gasteiger partial charge in [-0.1, -0.05) is 0 Å². The van der Waals surface area contributed by atoms with Crippen LogP contribution in [0.25, 0.3) is 0 Å². The molecule has 1 aliphatic heterocycles. The molecule has 1 unspecified atom stereocenters. The number of hydrogen-bond donors (Lipinski definition) is 3. The molecule has 25 heavy (non-hydrogen) atoms. The molecular weight excluding hydrogens is 322 g/mol. The van der Waals surface area contributed by atoms with Gasteiger partial charge >= 0.3 is 5.63 Å². The molecule has 0 saturated carbocycles. The quantitative estimate of drug-likeness (QED) is 0.739. The number of carbonyl (C=O) groups is 1. The molecule has 8 heteroatoms. The van der Waals surface area contributed by atoms with Crippen molar-refractivity contribution in [2.24, 2.45) is 0 Å². The predicted molar refractivity (Wildman–Crippen MR) is 91.7 cm³/mol. The van der Waals surface area contributed by atoms with Gasteiger partial charge < -0.3 is 15.1 Å². The van der Waals surface area contributed by atoms with E-state index in [-0.39, 0.29) is 11.5 Å². The molecule has 1 saturated heterocycles. The van der Waals surface area contributed by atoms with E-state index in [9.17, 15) is 9.59 Å². The Bertz CT molecular complexity index is 805. The molecule has 1 fully saturated rings. The average Bonchev–Trinajstić information content (AvgIpc) is 3.00. The highest BCUT2D eigenvalue weighted by Gasteiger charge is 2.22. The van der Waals surface area contributed by atoms with E-state index in [1.54, 1.807) is 6.92 Å². The number of hydrogen-bond acceptors (Lipinski definition) is 6. The van der Waals surface area contributed by atoms with E-state index in [2.05, 4.69) is 25.8 Å². The first-order valence-electron chi connectivity index (χ1n) is 8.56. The van der Waals surface area contributed by atoms with E-state index in [0.717, 1.165) is 31.8 Å². The monoisotopic (exact) mass is 345 g/mol. The molecule has 0 aliphatic carbocycles. The summed E-state index contributed by atoms with van der Waals surface area (Å²) in [5.74, 6) is 1.77. The van der Waals surface area contributed by atoms with Gasteiger partial charge in [-0.25, -0.2) is 9.78 Å². The Morgan fingerprint density at radius 3 is 2.92 bits per heavy atom. The first kappa shape index (κ1) is 17.3. The minimum Gasteiger partial charge on any atom is -0.427 e. The maximum Gasteiger partial charge on any atom is 0.349 e. The fourth-order valence-electron chi connectivity index (χ4n) is 3.08. The maximum atomic E-state index is 12.3. The fraction of sp³-hybridized carbons (Fsp3) is 0.529. The molecule has 0 radical (unpaired) electrons. The molecule has 134 valence electrons. The van der Waals surface area contributed by atoms with Gasteiger partial charge in [-0.15, -0.1) is 0 Å². The van der Waals surface area contributed by atoms with Crippen molar-refractivity contribution >= 4 is 5.91 Å². The number of piperidine rings is 1. The molecule has 1 aliphatic rings. The number of amides is 1. The lowest BCUT2D eigenvalue weighted by Crippen LogP contribution is -2.32. The summed E-state index contributed by atoms with van der Waals surface area (Å²) in [5.41, 5.74) is 0.133. The molecule has 2 aromatic heterocycles. The van der Waals surface area contributed by atoms with Gasteiger partial charge in [-0.2, -0.15) is 5.10 Å². The highest BCUT2D eigenvalue weighted by atomic mass is 16.4. The largest absolute Gasteiger partial charge is 0.427 e. The second kappa shape index (κ2) is 7.60. The Morgan fingerprint density at radius 2 is 2.28 bits per heavy atom. The van der Waals surface area contributed by atoms with Gasteiger partial charge in [0, 0.05) is 25.4 Å². The van der Waals surface area contributed by atoms with Gasteiger partial charge in [-0.3, -0.25) is 9.89 Å². The van der Waals surface area contributed by atoms with Gasteiger partial charge in [0.15, 0.2) is 5.82 Å². The van der Waals surface area contributed by atoms with E-state index in [4.69, 9.17) is 4.42 Å². The van der Waals surface area contributed by atoms with Crippen LogP contribution in [-0.4, -0.2) is 40.7 Å². The third-order valence-corrected chi connectivity index (χ3v) is 4.37. The van der Waals surface area contributed by atoms with Crippen LogP contribution in [-0.2, 0) is 6.42 Å². The van der Waals surface area contributed by atoms with E-state index in [1.807, 2.05) is 13.0 Å². The summed E-state index contributed by atoms with van der Waals surface area (Å²) in [4.78, 5) is 28.8. The van der Waals surface area contributed by atoms with Crippen molar-refractivity contribution < 1.29 is 9.21 Å². The zero-order chi connectivity index (χ0) is 17.8. The number of carbonyl (C=O) groups excluding carboxylic acids is 1. The van der Waals surface area contributed by atoms with Crippen LogP contribution in [0.15, 0.2) is 15.3 Å². The second-order valence-electron chi connectivity index (χ2n) is 6.38. The molecule has 0 aromatic carbocycles. The summed E-state index contributed by atoms with van der Waals surface area (Å²) in [5, 5.41) is 12.8. The summed E-state index contributed by atoms with van der Waals surface area (Å²) >= 11 is 0. The van der Waals surface area contributed by atoms with Gasteiger partial charge in [0.2, 0.25) is 0 Å². The fourth-order valence-corrected chi connectivity index (χ4v) is 3.08. The molecule has 2 aromatic rings. The highest BCUT2D eigenvalue weighted by molar-refractivity contribution is 5.95. The third-order valence-electron chi connectivity index (χ3n) is 4.37. The molecule has 3 N–H and O–H groups in total. The van der Waals surface area contributed by atoms with Crippen LogP contribution in [0.5, 0.6) is 0 Å². The Kier molecular flexibility index (Phi) is 5.28. The number of rotatable bonds is 5. The molecule has 3 rings (SSSR count). The summed E-state index contributed by atoms with van der Waals surface area (Å²) in [7, 11) is 0. The molecule has 3 heterocycles. The summed E-state index contributed by atoms with van der Waals surface area (Å²) in [6.45, 7) is 5.72. The zero-order valence-corrected chi connectivity index (χ0v) is 14.5. The van der Waals surface area contributed by atoms with Gasteiger partial charge in [0.1, 0.15) is 17.1 Å². The normalized spacial score (nSPS) is 17.4. The van der Waals surface area contributed by atoms with Crippen LogP contribution in [0.4, 0.5) is 0 Å². The molecule has 8 nitrogen and oxygen atoms in total. The number of nitrogens with zero attached hydrogens (tertiary/aromatic N) is 2. The van der Waals surface area contributed by atoms with Crippen molar-refractivity contribution in [3.8, 4) is 0 Å². The van der Waals surface area contributed by atoms with E-state index in [1.165, 1.54) is 0 Å². The van der Waals surface area contributed by atoms with Gasteiger partial charge in [0.05, 0.1) is 0 Å². The molecule has 1 amide bonds. The number of aromatic amines is 1. The van der Waals surface area contributed by atoms with Crippen LogP contribution in [0.1, 0.15) is 52.1 Å². The van der Waals surface area contributed by atoms with Gasteiger partial charge in [-0.05, 0) is 44.9 Å². The molecule has 1 atom stereocenters. The van der Waals surface area contributed by atoms with E-state index < -0.39 is 11.5 Å². The molecule has 0 bridgehead atoms. The Hall–Kier alpha value is -2.48. The zero-order valence-electron chi connectivity index (χ0n) is 14.5. The summed E-state index contributed by atoms with van der Waals surface area (Å²) < 4.78 is 5.43. The second-order valence-corrected chi connectivity index (χ2v) is 6.38. The Labute approximate surface area is 145 Å². The lowest BCUT2D eigenvalue weighted by Gasteiger charge is -2.22. The van der Waals surface area contributed by atoms with Crippen molar-refractivity contribution in [1.29, 1.82) is 0 Å². The van der Waals surface area contributed by atoms with Crippen molar-refractivity contribution in [2.45, 2.75) is 39.0 Å². The van der Waals surface area contributed by atoms with Crippen LogP contribution in [0, 0.1) is 13.8 Å². The first-order chi connectivity index (χ1) is 12.0. The standard InChI is InChI=1S/C17H23N5O3/c1-10-8-13(12-4-3-6-18-9-12)25-17(24)15(10)16(23)19-7-5-14-20-11(2)21-22-14/h8,12,18H,3-7,9H2,1-2H3,(H,19,23)(H,20,21,22). The van der Waals surface area contributed by atoms with Crippen LogP contribution >= 0.6 is 0 Å². The Balaban J connectivity index is 1.66. The average molecular weight is 345 g/mol. The smallest absolute Gasteiger partial charge is 0.349 e. The number of H-pyrrole nitrogens is 1. The SMILES string of the molecule is Cc1nc(CCNC(=O)c2c(C)cc(C3CCCNC3)oc2=O)n[nH]1. The van der Waals surface area contributed by atoms with E-state index >= 15 is 0 Å². The maximum absolute atomic E-state index is 12.3. The van der Waals surface area contributed by atoms with Crippen molar-refractivity contribution in [3.63, 3.8) is 0 Å². The summed E-state index contributed by atoms with van der Waals surface area (Å²) in [6.07, 6.45) is 2.53. The van der Waals surface area contributed by atoms with Gasteiger partial charge in [0.25, 0.3) is 5.91 Å². The number of nitrogens with one attached hydrogen (secondary N) is 3. The van der Waals surface area contributed by atoms with Crippen LogP contribution < -0.4 is 16.3 Å². The first-order valence-corrected chi connectivity index (χ1v) is 8.56. The lowest BCUT2D eigenvalue weighted by atomic mass is 9.95. The minimum atomic E-state index is -0.577. The lowest BCUT2D eigenvalue weighted by molar-refractivity contribution is 0.0948. The number of aromatic nitrogens is 3. The van der Waals surface area contributed by atoms with Crippen LogP contribution in [0.3, 0.4) is 0 Å². The van der Waals surface area contributed by atoms with Crippen molar-refractivity contribution in [1.82, 2.24) is 25.8 Å². The third kappa shape index (κ3) is 4.14. The van der Waals surface area contributed by atoms with E-state index in [0.29, 0.717) is 30.1 Å². The topological polar surface area (TPSA) is 113 Å². The Morgan fingerprint density at radius 1 is 1.44 bits per heavy atom.